The summed E-state index contributed by atoms with van der Waals surface area (Å²) >= 11 is 0. The number of carbonyl (C=O) groups is 2. The van der Waals surface area contributed by atoms with Gasteiger partial charge in [0.2, 0.25) is 0 Å². The van der Waals surface area contributed by atoms with E-state index >= 15 is 0 Å². The summed E-state index contributed by atoms with van der Waals surface area (Å²) in [6.45, 7) is 8.06. The first-order valence-corrected chi connectivity index (χ1v) is 11.0. The van der Waals surface area contributed by atoms with Crippen molar-refractivity contribution in [3.63, 3.8) is 0 Å². The number of ketones is 1. The molecule has 0 spiro atoms. The number of aliphatic hydroxyl groups excluding tert-OH is 1. The first-order chi connectivity index (χ1) is 15.5. The molecule has 1 fully saturated rings. The third-order valence-electron chi connectivity index (χ3n) is 5.94. The Labute approximate surface area is 187 Å². The summed E-state index contributed by atoms with van der Waals surface area (Å²) in [4.78, 5) is 29.7. The highest BCUT2D eigenvalue weighted by Crippen LogP contribution is 2.41. The molecule has 2 aromatic rings. The van der Waals surface area contributed by atoms with Crippen molar-refractivity contribution >= 4 is 17.4 Å². The van der Waals surface area contributed by atoms with Crippen molar-refractivity contribution in [3.8, 4) is 11.5 Å². The number of ether oxygens (including phenoxy) is 2. The minimum Gasteiger partial charge on any atom is -0.507 e. The van der Waals surface area contributed by atoms with Crippen LogP contribution in [0.4, 0.5) is 0 Å². The molecular weight excluding hydrogens is 412 g/mol. The molecule has 1 amide bonds. The monoisotopic (exact) mass is 440 g/mol. The highest BCUT2D eigenvalue weighted by atomic mass is 16.6. The van der Waals surface area contributed by atoms with Gasteiger partial charge in [-0.15, -0.1) is 0 Å². The van der Waals surface area contributed by atoms with E-state index in [0.29, 0.717) is 49.0 Å². The van der Waals surface area contributed by atoms with Crippen LogP contribution >= 0.6 is 0 Å². The quantitative estimate of drug-likeness (QED) is 0.383. The highest BCUT2D eigenvalue weighted by Gasteiger charge is 2.47. The lowest BCUT2D eigenvalue weighted by molar-refractivity contribution is -0.140. The number of hydrogen-bond acceptors (Lipinski definition) is 7. The number of carbonyl (C=O) groups excluding carboxylic acids is 2. The summed E-state index contributed by atoms with van der Waals surface area (Å²) in [7, 11) is 0. The summed E-state index contributed by atoms with van der Waals surface area (Å²) in [6, 6.07) is 7.59. The highest BCUT2D eigenvalue weighted by molar-refractivity contribution is 6.46. The van der Waals surface area contributed by atoms with E-state index in [1.165, 1.54) is 11.2 Å². The number of aliphatic hydroxyl groups is 1. The van der Waals surface area contributed by atoms with Gasteiger partial charge in [-0.2, -0.15) is 0 Å². The molecule has 170 valence electrons. The SMILES string of the molecule is CCN(CC)CCCN1C(=O)C(=O)C(=C(O)c2ccc3c(c2)OCCO3)C1c1ccco1. The van der Waals surface area contributed by atoms with Gasteiger partial charge < -0.3 is 28.8 Å². The summed E-state index contributed by atoms with van der Waals surface area (Å²) < 4.78 is 16.7. The predicted molar refractivity (Wildman–Crippen MR) is 118 cm³/mol. The topological polar surface area (TPSA) is 92.5 Å². The number of Topliss-reactive ketones (excluding diaryl/α,β-unsaturated/α-hetero) is 1. The molecule has 4 rings (SSSR count). The van der Waals surface area contributed by atoms with Crippen LogP contribution in [0.25, 0.3) is 5.76 Å². The third kappa shape index (κ3) is 4.10. The van der Waals surface area contributed by atoms with Crippen molar-refractivity contribution in [1.82, 2.24) is 9.80 Å². The Morgan fingerprint density at radius 1 is 1.12 bits per heavy atom. The molecule has 8 heteroatoms. The second kappa shape index (κ2) is 9.48. The summed E-state index contributed by atoms with van der Waals surface area (Å²) in [5.41, 5.74) is 0.399. The molecule has 2 aliphatic heterocycles. The van der Waals surface area contributed by atoms with Gasteiger partial charge in [-0.1, -0.05) is 13.8 Å². The van der Waals surface area contributed by atoms with Crippen LogP contribution in [-0.4, -0.2) is 66.0 Å². The maximum atomic E-state index is 13.0. The van der Waals surface area contributed by atoms with Crippen LogP contribution in [0.5, 0.6) is 11.5 Å². The van der Waals surface area contributed by atoms with Gasteiger partial charge in [-0.05, 0) is 56.4 Å². The lowest BCUT2D eigenvalue weighted by Crippen LogP contribution is -2.33. The van der Waals surface area contributed by atoms with Crippen LogP contribution in [0.3, 0.4) is 0 Å². The Bertz CT molecular complexity index is 1010. The molecule has 1 unspecified atom stereocenters. The van der Waals surface area contributed by atoms with E-state index in [4.69, 9.17) is 13.9 Å². The van der Waals surface area contributed by atoms with Crippen molar-refractivity contribution in [3.05, 3.63) is 53.5 Å². The Morgan fingerprint density at radius 3 is 2.56 bits per heavy atom. The van der Waals surface area contributed by atoms with Gasteiger partial charge in [-0.3, -0.25) is 9.59 Å². The van der Waals surface area contributed by atoms with E-state index in [0.717, 1.165) is 19.6 Å². The summed E-state index contributed by atoms with van der Waals surface area (Å²) in [6.07, 6.45) is 2.20. The number of benzene rings is 1. The molecule has 3 heterocycles. The number of amides is 1. The van der Waals surface area contributed by atoms with Gasteiger partial charge >= 0.3 is 0 Å². The molecule has 1 atom stereocenters. The largest absolute Gasteiger partial charge is 0.507 e. The molecule has 8 nitrogen and oxygen atoms in total. The molecule has 0 saturated carbocycles. The second-order valence-corrected chi connectivity index (χ2v) is 7.75. The number of furan rings is 1. The van der Waals surface area contributed by atoms with Crippen LogP contribution in [0.2, 0.25) is 0 Å². The molecule has 1 saturated heterocycles. The molecule has 0 bridgehead atoms. The molecule has 32 heavy (non-hydrogen) atoms. The second-order valence-electron chi connectivity index (χ2n) is 7.75. The van der Waals surface area contributed by atoms with E-state index in [9.17, 15) is 14.7 Å². The Morgan fingerprint density at radius 2 is 1.88 bits per heavy atom. The van der Waals surface area contributed by atoms with Gasteiger partial charge in [0, 0.05) is 12.1 Å². The molecule has 2 aliphatic rings. The van der Waals surface area contributed by atoms with Crippen molar-refractivity contribution in [1.29, 1.82) is 0 Å². The van der Waals surface area contributed by atoms with E-state index < -0.39 is 17.7 Å². The first kappa shape index (κ1) is 22.0. The number of nitrogens with zero attached hydrogens (tertiary/aromatic N) is 2. The number of likely N-dealkylation sites (tertiary alicyclic amines) is 1. The zero-order valence-corrected chi connectivity index (χ0v) is 18.4. The van der Waals surface area contributed by atoms with Crippen LogP contribution < -0.4 is 9.47 Å². The van der Waals surface area contributed by atoms with Gasteiger partial charge in [0.05, 0.1) is 11.8 Å². The summed E-state index contributed by atoms with van der Waals surface area (Å²) in [5, 5.41) is 11.1. The summed E-state index contributed by atoms with van der Waals surface area (Å²) in [5.74, 6) is -0.110. The van der Waals surface area contributed by atoms with Crippen LogP contribution in [0.1, 0.15) is 37.6 Å². The number of hydrogen-bond donors (Lipinski definition) is 1. The van der Waals surface area contributed by atoms with Crippen molar-refractivity contribution in [2.24, 2.45) is 0 Å². The fraction of sp³-hybridized carbons (Fsp3) is 0.417. The van der Waals surface area contributed by atoms with E-state index in [-0.39, 0.29) is 11.3 Å². The zero-order chi connectivity index (χ0) is 22.7. The maximum Gasteiger partial charge on any atom is 0.295 e. The minimum absolute atomic E-state index is 0.0180. The number of fused-ring (bicyclic) bond motifs is 1. The normalized spacial score (nSPS) is 19.7. The Kier molecular flexibility index (Phi) is 6.50. The lowest BCUT2D eigenvalue weighted by Gasteiger charge is -2.25. The van der Waals surface area contributed by atoms with Gasteiger partial charge in [0.1, 0.15) is 30.8 Å². The fourth-order valence-electron chi connectivity index (χ4n) is 4.20. The standard InChI is InChI=1S/C24H28N2O6/c1-3-25(4-2)10-6-11-26-21(18-7-5-12-30-18)20(23(28)24(26)29)22(27)16-8-9-17-19(15-16)32-14-13-31-17/h5,7-9,12,15,21,27H,3-4,6,10-11,13-14H2,1-2H3. The molecule has 0 radical (unpaired) electrons. The van der Waals surface area contributed by atoms with E-state index in [1.54, 1.807) is 30.3 Å². The number of rotatable bonds is 8. The van der Waals surface area contributed by atoms with Crippen molar-refractivity contribution in [2.45, 2.75) is 26.3 Å². The van der Waals surface area contributed by atoms with Crippen molar-refractivity contribution in [2.75, 3.05) is 39.4 Å². The van der Waals surface area contributed by atoms with Gasteiger partial charge in [0.25, 0.3) is 11.7 Å². The predicted octanol–water partition coefficient (Wildman–Crippen LogP) is 3.20. The van der Waals surface area contributed by atoms with Gasteiger partial charge in [0.15, 0.2) is 11.5 Å². The Hall–Kier alpha value is -3.26. The molecule has 1 aromatic heterocycles. The van der Waals surface area contributed by atoms with Crippen LogP contribution in [0.15, 0.2) is 46.6 Å². The Balaban J connectivity index is 1.68. The zero-order valence-electron chi connectivity index (χ0n) is 18.4. The third-order valence-corrected chi connectivity index (χ3v) is 5.94. The average Bonchev–Trinajstić information content (AvgIpc) is 3.43. The fourth-order valence-corrected chi connectivity index (χ4v) is 4.20. The van der Waals surface area contributed by atoms with E-state index in [2.05, 4.69) is 18.7 Å². The smallest absolute Gasteiger partial charge is 0.295 e. The van der Waals surface area contributed by atoms with Crippen LogP contribution in [-0.2, 0) is 9.59 Å². The molecule has 1 aromatic carbocycles. The van der Waals surface area contributed by atoms with Crippen LogP contribution in [0, 0.1) is 0 Å². The van der Waals surface area contributed by atoms with Gasteiger partial charge in [-0.25, -0.2) is 0 Å². The lowest BCUT2D eigenvalue weighted by atomic mass is 9.99. The van der Waals surface area contributed by atoms with Crippen molar-refractivity contribution < 1.29 is 28.6 Å². The van der Waals surface area contributed by atoms with E-state index in [1.807, 2.05) is 0 Å². The first-order valence-electron chi connectivity index (χ1n) is 11.0. The average molecular weight is 440 g/mol. The minimum atomic E-state index is -0.782. The molecular formula is C24H28N2O6. The molecule has 0 aliphatic carbocycles. The maximum absolute atomic E-state index is 13.0. The molecule has 1 N–H and O–H groups in total.